The fraction of sp³-hybridized carbons (Fsp3) is 0.971. The van der Waals surface area contributed by atoms with Crippen LogP contribution in [0, 0.1) is 0 Å². The Kier molecular flexibility index (Phi) is 18.9. The topological polar surface area (TPSA) is 431 Å². The Balaban J connectivity index is 1.47. The van der Waals surface area contributed by atoms with Crippen LogP contribution >= 0.6 is 0 Å². The van der Waals surface area contributed by atoms with Gasteiger partial charge in [-0.3, -0.25) is 4.79 Å². The molecule has 0 radical (unpaired) electrons. The molecule has 62 heavy (non-hydrogen) atoms. The highest BCUT2D eigenvalue weighted by molar-refractivity contribution is 5.73. The van der Waals surface area contributed by atoms with Gasteiger partial charge in [-0.1, -0.05) is 0 Å². The van der Waals surface area contributed by atoms with Gasteiger partial charge in [-0.25, -0.2) is 0 Å². The molecule has 0 spiro atoms. The summed E-state index contributed by atoms with van der Waals surface area (Å²) in [6, 6.07) is -1.73. The van der Waals surface area contributed by atoms with Gasteiger partial charge in [-0.2, -0.15) is 0 Å². The van der Waals surface area contributed by atoms with Crippen molar-refractivity contribution in [2.75, 3.05) is 39.6 Å². The first-order valence-electron chi connectivity index (χ1n) is 20.1. The molecule has 0 saturated carbocycles. The molecule has 17 N–H and O–H groups in total. The first kappa shape index (κ1) is 51.5. The molecule has 5 rings (SSSR count). The molecule has 5 aliphatic heterocycles. The van der Waals surface area contributed by atoms with Crippen LogP contribution in [0.5, 0.6) is 0 Å². The van der Waals surface area contributed by atoms with Gasteiger partial charge >= 0.3 is 0 Å². The second kappa shape index (κ2) is 22.8. The summed E-state index contributed by atoms with van der Waals surface area (Å²) in [5.41, 5.74) is 5.48. The average Bonchev–Trinajstić information content (AvgIpc) is 3.25. The third-order valence-electron chi connectivity index (χ3n) is 11.3. The monoisotopic (exact) mass is 910 g/mol. The smallest absolute Gasteiger partial charge is 0.217 e. The van der Waals surface area contributed by atoms with Crippen molar-refractivity contribution in [3.05, 3.63) is 0 Å². The number of rotatable bonds is 17. The van der Waals surface area contributed by atoms with Gasteiger partial charge in [0.25, 0.3) is 0 Å². The van der Waals surface area contributed by atoms with Crippen LogP contribution in [-0.4, -0.2) is 270 Å². The summed E-state index contributed by atoms with van der Waals surface area (Å²) in [4.78, 5) is 12.8. The van der Waals surface area contributed by atoms with E-state index in [1.54, 1.807) is 0 Å². The molecule has 27 nitrogen and oxygen atoms in total. The van der Waals surface area contributed by atoms with Crippen molar-refractivity contribution >= 4 is 5.91 Å². The SMILES string of the molecule is CC(=O)NC1C(OC2C(O)C(CO)OC(OC3C(CO)OC(OCCCN)C(O)C3O)C2O)OC(CO)C(OC2OC(CO)C(O)C(O)C2O)C1OC1OC(C)C(O)C(O)C1O. The van der Waals surface area contributed by atoms with Gasteiger partial charge < -0.3 is 130 Å². The molecule has 25 atom stereocenters. The van der Waals surface area contributed by atoms with Crippen molar-refractivity contribution in [1.29, 1.82) is 0 Å². The van der Waals surface area contributed by atoms with Crippen molar-refractivity contribution in [3.8, 4) is 0 Å². The van der Waals surface area contributed by atoms with Gasteiger partial charge in [0, 0.05) is 6.92 Å². The molecular formula is C35H62N2O25. The van der Waals surface area contributed by atoms with E-state index < -0.39 is 186 Å². The molecule has 362 valence electrons. The Bertz CT molecular complexity index is 1380. The molecule has 0 aliphatic carbocycles. The maximum absolute atomic E-state index is 12.8. The third-order valence-corrected chi connectivity index (χ3v) is 11.3. The molecule has 0 aromatic rings. The maximum Gasteiger partial charge on any atom is 0.217 e. The minimum absolute atomic E-state index is 0.0268. The number of carbonyl (C=O) groups is 1. The van der Waals surface area contributed by atoms with Gasteiger partial charge in [0.05, 0.1) is 39.1 Å². The first-order chi connectivity index (χ1) is 29.4. The average molecular weight is 911 g/mol. The van der Waals surface area contributed by atoms with Gasteiger partial charge in [-0.05, 0) is 19.9 Å². The lowest BCUT2D eigenvalue weighted by Gasteiger charge is -2.51. The fourth-order valence-corrected chi connectivity index (χ4v) is 7.77. The number of nitrogens with two attached hydrogens (primary N) is 1. The van der Waals surface area contributed by atoms with Crippen molar-refractivity contribution in [1.82, 2.24) is 5.32 Å². The largest absolute Gasteiger partial charge is 0.394 e. The first-order valence-corrected chi connectivity index (χ1v) is 20.1. The second-order valence-electron chi connectivity index (χ2n) is 15.7. The fourth-order valence-electron chi connectivity index (χ4n) is 7.77. The molecule has 5 saturated heterocycles. The Morgan fingerprint density at radius 3 is 1.53 bits per heavy atom. The molecule has 27 heteroatoms. The number of nitrogens with one attached hydrogen (secondary N) is 1. The Morgan fingerprint density at radius 1 is 0.500 bits per heavy atom. The Labute approximate surface area is 353 Å². The Morgan fingerprint density at radius 2 is 0.952 bits per heavy atom. The number of hydrogen-bond acceptors (Lipinski definition) is 26. The standard InChI is InChI=1S/C35H62N2O25/c1-10-17(43)20(46)23(49)33(54-10)61-29-16(37-11(2)42)31(57-15(9-41)28(29)60-34-24(50)21(47)18(44)12(6-38)55-34)62-30-19(45)13(7-39)56-35(26(30)52)59-27-14(8-40)58-32(25(51)22(27)48)53-5-3-4-36/h10,12-35,38-41,43-52H,3-9,36H2,1-2H3,(H,37,42). The van der Waals surface area contributed by atoms with Crippen LogP contribution in [0.4, 0.5) is 0 Å². The molecule has 5 fully saturated rings. The summed E-state index contributed by atoms with van der Waals surface area (Å²) in [6.45, 7) is -0.985. The number of amides is 1. The van der Waals surface area contributed by atoms with E-state index in [4.69, 9.17) is 53.1 Å². The van der Waals surface area contributed by atoms with Crippen LogP contribution < -0.4 is 11.1 Å². The van der Waals surface area contributed by atoms with E-state index in [0.29, 0.717) is 6.42 Å². The minimum Gasteiger partial charge on any atom is -0.394 e. The van der Waals surface area contributed by atoms with Crippen LogP contribution in [-0.2, 0) is 52.2 Å². The summed E-state index contributed by atoms with van der Waals surface area (Å²) in [6.07, 6.45) is -42.2. The van der Waals surface area contributed by atoms with Gasteiger partial charge in [-0.15, -0.1) is 0 Å². The lowest BCUT2D eigenvalue weighted by Crippen LogP contribution is -2.71. The van der Waals surface area contributed by atoms with Crippen molar-refractivity contribution in [2.24, 2.45) is 5.73 Å². The highest BCUT2D eigenvalue weighted by Crippen LogP contribution is 2.37. The summed E-state index contributed by atoms with van der Waals surface area (Å²) in [7, 11) is 0. The van der Waals surface area contributed by atoms with Crippen LogP contribution in [0.1, 0.15) is 20.3 Å². The van der Waals surface area contributed by atoms with Gasteiger partial charge in [0.2, 0.25) is 5.91 Å². The zero-order valence-electron chi connectivity index (χ0n) is 33.7. The molecule has 5 heterocycles. The third kappa shape index (κ3) is 11.2. The molecule has 5 aliphatic rings. The van der Waals surface area contributed by atoms with Crippen LogP contribution in [0.2, 0.25) is 0 Å². The van der Waals surface area contributed by atoms with Crippen LogP contribution in [0.3, 0.4) is 0 Å². The van der Waals surface area contributed by atoms with Crippen LogP contribution in [0.25, 0.3) is 0 Å². The lowest BCUT2D eigenvalue weighted by molar-refractivity contribution is -0.391. The van der Waals surface area contributed by atoms with E-state index in [9.17, 15) is 76.3 Å². The predicted octanol–water partition coefficient (Wildman–Crippen LogP) is -10.4. The van der Waals surface area contributed by atoms with Gasteiger partial charge in [0.15, 0.2) is 31.5 Å². The minimum atomic E-state index is -2.10. The van der Waals surface area contributed by atoms with E-state index in [-0.39, 0.29) is 13.2 Å². The van der Waals surface area contributed by atoms with Gasteiger partial charge in [0.1, 0.15) is 116 Å². The van der Waals surface area contributed by atoms with E-state index in [1.807, 2.05) is 0 Å². The number of aliphatic hydroxyl groups is 14. The molecule has 0 aromatic heterocycles. The molecule has 0 aromatic carbocycles. The lowest BCUT2D eigenvalue weighted by atomic mass is 9.93. The normalized spacial score (nSPS) is 49.1. The molecular weight excluding hydrogens is 848 g/mol. The molecule has 1 amide bonds. The number of hydrogen-bond donors (Lipinski definition) is 16. The van der Waals surface area contributed by atoms with E-state index >= 15 is 0 Å². The van der Waals surface area contributed by atoms with Crippen molar-refractivity contribution in [3.63, 3.8) is 0 Å². The molecule has 0 bridgehead atoms. The van der Waals surface area contributed by atoms with Crippen molar-refractivity contribution < 1.29 is 124 Å². The predicted molar refractivity (Wildman–Crippen MR) is 194 cm³/mol. The van der Waals surface area contributed by atoms with Crippen molar-refractivity contribution in [2.45, 2.75) is 174 Å². The quantitative estimate of drug-likeness (QED) is 0.0603. The number of ether oxygens (including phenoxy) is 10. The second-order valence-corrected chi connectivity index (χ2v) is 15.7. The zero-order valence-corrected chi connectivity index (χ0v) is 33.7. The summed E-state index contributed by atoms with van der Waals surface area (Å²) < 4.78 is 57.8. The Hall–Kier alpha value is -1.53. The number of aliphatic hydroxyl groups excluding tert-OH is 14. The van der Waals surface area contributed by atoms with E-state index in [2.05, 4.69) is 5.32 Å². The van der Waals surface area contributed by atoms with Crippen LogP contribution in [0.15, 0.2) is 0 Å². The maximum atomic E-state index is 12.8. The number of carbonyl (C=O) groups excluding carboxylic acids is 1. The summed E-state index contributed by atoms with van der Waals surface area (Å²) >= 11 is 0. The summed E-state index contributed by atoms with van der Waals surface area (Å²) in [5.74, 6) is -0.823. The zero-order chi connectivity index (χ0) is 45.7. The summed E-state index contributed by atoms with van der Waals surface area (Å²) in [5, 5.41) is 152. The highest BCUT2D eigenvalue weighted by Gasteiger charge is 2.58. The van der Waals surface area contributed by atoms with E-state index in [0.717, 1.165) is 6.92 Å². The van der Waals surface area contributed by atoms with E-state index in [1.165, 1.54) is 6.92 Å². The molecule has 25 unspecified atom stereocenters. The highest BCUT2D eigenvalue weighted by atomic mass is 16.8.